The maximum Gasteiger partial charge on any atom is 0.0471 e. The molecule has 2 rings (SSSR count). The molecule has 1 heterocycles. The Morgan fingerprint density at radius 1 is 1.26 bits per heavy atom. The van der Waals surface area contributed by atoms with Crippen molar-refractivity contribution < 1.29 is 0 Å². The van der Waals surface area contributed by atoms with Crippen LogP contribution in [0.15, 0.2) is 24.3 Å². The van der Waals surface area contributed by atoms with E-state index in [2.05, 4.69) is 55.0 Å². The Hall–Kier alpha value is -0.900. The molecule has 3 heteroatoms. The lowest BCUT2D eigenvalue weighted by Gasteiger charge is -2.42. The number of hydrogen-bond acceptors (Lipinski definition) is 3. The predicted octanol–water partition coefficient (Wildman–Crippen LogP) is 2.02. The van der Waals surface area contributed by atoms with Crippen molar-refractivity contribution in [3.05, 3.63) is 35.4 Å². The van der Waals surface area contributed by atoms with Crippen LogP contribution < -0.4 is 5.73 Å². The van der Waals surface area contributed by atoms with Crippen LogP contribution in [0.4, 0.5) is 0 Å². The van der Waals surface area contributed by atoms with E-state index < -0.39 is 0 Å². The van der Waals surface area contributed by atoms with Gasteiger partial charge >= 0.3 is 0 Å². The molecule has 1 fully saturated rings. The standard InChI is InChI=1S/C16H27N3/c1-4-15-12-19(10-9-18(15)3)16(11-17)14-7-5-13(2)6-8-14/h5-8,15-16H,4,9-12,17H2,1-3H3. The van der Waals surface area contributed by atoms with E-state index in [1.54, 1.807) is 0 Å². The number of hydrogen-bond donors (Lipinski definition) is 1. The molecule has 2 N–H and O–H groups in total. The first-order chi connectivity index (χ1) is 9.15. The van der Waals surface area contributed by atoms with Crippen LogP contribution in [0.25, 0.3) is 0 Å². The number of aryl methyl sites for hydroxylation is 1. The minimum absolute atomic E-state index is 0.364. The van der Waals surface area contributed by atoms with Gasteiger partial charge in [-0.05, 0) is 26.0 Å². The Kier molecular flexibility index (Phi) is 4.97. The lowest BCUT2D eigenvalue weighted by Crippen LogP contribution is -2.53. The minimum Gasteiger partial charge on any atom is -0.329 e. The van der Waals surface area contributed by atoms with E-state index in [-0.39, 0.29) is 0 Å². The molecular weight excluding hydrogens is 234 g/mol. The van der Waals surface area contributed by atoms with Gasteiger partial charge in [0.1, 0.15) is 0 Å². The summed E-state index contributed by atoms with van der Waals surface area (Å²) in [7, 11) is 2.23. The molecule has 1 aromatic rings. The molecule has 0 aliphatic carbocycles. The first-order valence-electron chi connectivity index (χ1n) is 7.36. The van der Waals surface area contributed by atoms with Gasteiger partial charge in [-0.3, -0.25) is 4.90 Å². The molecule has 0 saturated carbocycles. The lowest BCUT2D eigenvalue weighted by molar-refractivity contribution is 0.0644. The SMILES string of the molecule is CCC1CN(C(CN)c2ccc(C)cc2)CCN1C. The fraction of sp³-hybridized carbons (Fsp3) is 0.625. The number of likely N-dealkylation sites (N-methyl/N-ethyl adjacent to an activating group) is 1. The molecule has 1 saturated heterocycles. The van der Waals surface area contributed by atoms with Gasteiger partial charge in [-0.25, -0.2) is 0 Å². The first kappa shape index (κ1) is 14.5. The van der Waals surface area contributed by atoms with Gasteiger partial charge in [0.2, 0.25) is 0 Å². The van der Waals surface area contributed by atoms with E-state index in [9.17, 15) is 0 Å². The molecule has 1 aliphatic rings. The van der Waals surface area contributed by atoms with E-state index in [1.165, 1.54) is 17.5 Å². The number of nitrogens with two attached hydrogens (primary N) is 1. The fourth-order valence-corrected chi connectivity index (χ4v) is 2.98. The largest absolute Gasteiger partial charge is 0.329 e. The van der Waals surface area contributed by atoms with Gasteiger partial charge in [0.05, 0.1) is 0 Å². The van der Waals surface area contributed by atoms with Crippen LogP contribution in [0.1, 0.15) is 30.5 Å². The molecule has 1 aliphatic heterocycles. The Bertz CT molecular complexity index is 387. The summed E-state index contributed by atoms with van der Waals surface area (Å²) in [6.45, 7) is 8.48. The maximum absolute atomic E-state index is 6.04. The summed E-state index contributed by atoms with van der Waals surface area (Å²) >= 11 is 0. The molecule has 0 amide bonds. The molecule has 0 spiro atoms. The van der Waals surface area contributed by atoms with Crippen molar-refractivity contribution in [2.24, 2.45) is 5.73 Å². The number of piperazine rings is 1. The second kappa shape index (κ2) is 6.51. The molecule has 2 atom stereocenters. The van der Waals surface area contributed by atoms with Crippen molar-refractivity contribution in [2.75, 3.05) is 33.2 Å². The zero-order valence-electron chi connectivity index (χ0n) is 12.5. The molecule has 0 aromatic heterocycles. The molecule has 2 unspecified atom stereocenters. The highest BCUT2D eigenvalue weighted by Gasteiger charge is 2.27. The Balaban J connectivity index is 2.11. The van der Waals surface area contributed by atoms with Crippen LogP contribution >= 0.6 is 0 Å². The van der Waals surface area contributed by atoms with Crippen molar-refractivity contribution in [2.45, 2.75) is 32.4 Å². The third kappa shape index (κ3) is 3.35. The second-order valence-electron chi connectivity index (χ2n) is 5.70. The third-order valence-corrected chi connectivity index (χ3v) is 4.41. The summed E-state index contributed by atoms with van der Waals surface area (Å²) in [6, 6.07) is 9.85. The molecule has 106 valence electrons. The topological polar surface area (TPSA) is 32.5 Å². The molecule has 3 nitrogen and oxygen atoms in total. The van der Waals surface area contributed by atoms with Gasteiger partial charge in [0.15, 0.2) is 0 Å². The minimum atomic E-state index is 0.364. The Labute approximate surface area is 117 Å². The van der Waals surface area contributed by atoms with Gasteiger partial charge in [0.25, 0.3) is 0 Å². The maximum atomic E-state index is 6.04. The van der Waals surface area contributed by atoms with E-state index in [0.29, 0.717) is 18.6 Å². The third-order valence-electron chi connectivity index (χ3n) is 4.41. The van der Waals surface area contributed by atoms with Gasteiger partial charge in [0, 0.05) is 38.3 Å². The van der Waals surface area contributed by atoms with Crippen LogP contribution in [-0.4, -0.2) is 49.1 Å². The normalized spacial score (nSPS) is 23.5. The van der Waals surface area contributed by atoms with Crippen LogP contribution in [0.5, 0.6) is 0 Å². The predicted molar refractivity (Wildman–Crippen MR) is 81.3 cm³/mol. The average molecular weight is 261 g/mol. The smallest absolute Gasteiger partial charge is 0.0471 e. The Morgan fingerprint density at radius 3 is 2.53 bits per heavy atom. The van der Waals surface area contributed by atoms with Crippen molar-refractivity contribution in [3.63, 3.8) is 0 Å². The zero-order valence-corrected chi connectivity index (χ0v) is 12.5. The zero-order chi connectivity index (χ0) is 13.8. The van der Waals surface area contributed by atoms with E-state index in [0.717, 1.165) is 19.6 Å². The molecule has 0 bridgehead atoms. The van der Waals surface area contributed by atoms with Crippen molar-refractivity contribution >= 4 is 0 Å². The van der Waals surface area contributed by atoms with Crippen LogP contribution in [0.3, 0.4) is 0 Å². The highest BCUT2D eigenvalue weighted by atomic mass is 15.3. The van der Waals surface area contributed by atoms with E-state index >= 15 is 0 Å². The summed E-state index contributed by atoms with van der Waals surface area (Å²) in [5, 5.41) is 0. The summed E-state index contributed by atoms with van der Waals surface area (Å²) in [5.41, 5.74) is 8.70. The van der Waals surface area contributed by atoms with Crippen LogP contribution in [0.2, 0.25) is 0 Å². The summed E-state index contributed by atoms with van der Waals surface area (Å²) in [5.74, 6) is 0. The fourth-order valence-electron chi connectivity index (χ4n) is 2.98. The van der Waals surface area contributed by atoms with Gasteiger partial charge in [-0.1, -0.05) is 36.8 Å². The van der Waals surface area contributed by atoms with Crippen LogP contribution in [0, 0.1) is 6.92 Å². The van der Waals surface area contributed by atoms with Gasteiger partial charge in [-0.15, -0.1) is 0 Å². The highest BCUT2D eigenvalue weighted by Crippen LogP contribution is 2.23. The molecular formula is C16H27N3. The monoisotopic (exact) mass is 261 g/mol. The molecule has 1 aromatic carbocycles. The van der Waals surface area contributed by atoms with Crippen molar-refractivity contribution in [1.29, 1.82) is 0 Å². The number of nitrogens with zero attached hydrogens (tertiary/aromatic N) is 2. The molecule has 0 radical (unpaired) electrons. The van der Waals surface area contributed by atoms with E-state index in [4.69, 9.17) is 5.73 Å². The summed E-state index contributed by atoms with van der Waals surface area (Å²) in [4.78, 5) is 5.03. The number of benzene rings is 1. The average Bonchev–Trinajstić information content (AvgIpc) is 2.43. The van der Waals surface area contributed by atoms with Crippen LogP contribution in [-0.2, 0) is 0 Å². The quantitative estimate of drug-likeness (QED) is 0.900. The Morgan fingerprint density at radius 2 is 1.95 bits per heavy atom. The lowest BCUT2D eigenvalue weighted by atomic mass is 10.0. The van der Waals surface area contributed by atoms with Crippen molar-refractivity contribution in [3.8, 4) is 0 Å². The highest BCUT2D eigenvalue weighted by molar-refractivity contribution is 5.24. The second-order valence-corrected chi connectivity index (χ2v) is 5.70. The number of rotatable bonds is 4. The first-order valence-corrected chi connectivity index (χ1v) is 7.36. The summed E-state index contributed by atoms with van der Waals surface area (Å²) in [6.07, 6.45) is 1.21. The van der Waals surface area contributed by atoms with Gasteiger partial charge < -0.3 is 10.6 Å². The van der Waals surface area contributed by atoms with Gasteiger partial charge in [-0.2, -0.15) is 0 Å². The van der Waals surface area contributed by atoms with E-state index in [1.807, 2.05) is 0 Å². The summed E-state index contributed by atoms with van der Waals surface area (Å²) < 4.78 is 0. The van der Waals surface area contributed by atoms with Crippen molar-refractivity contribution in [1.82, 2.24) is 9.80 Å². The molecule has 19 heavy (non-hydrogen) atoms.